The fraction of sp³-hybridized carbons (Fsp3) is 0.409. The predicted octanol–water partition coefficient (Wildman–Crippen LogP) is 5.35. The van der Waals surface area contributed by atoms with Crippen molar-refractivity contribution in [3.05, 3.63) is 63.7 Å². The molecule has 28 heavy (non-hydrogen) atoms. The summed E-state index contributed by atoms with van der Waals surface area (Å²) in [5.41, 5.74) is 2.71. The van der Waals surface area contributed by atoms with Gasteiger partial charge in [-0.15, -0.1) is 0 Å². The number of carbonyl (C=O) groups is 1. The fourth-order valence-electron chi connectivity index (χ4n) is 3.67. The van der Waals surface area contributed by atoms with E-state index in [9.17, 15) is 14.9 Å². The van der Waals surface area contributed by atoms with Crippen molar-refractivity contribution in [3.8, 4) is 0 Å². The van der Waals surface area contributed by atoms with Gasteiger partial charge < -0.3 is 10.2 Å². The van der Waals surface area contributed by atoms with Gasteiger partial charge in [0, 0.05) is 30.4 Å². The summed E-state index contributed by atoms with van der Waals surface area (Å²) in [6.45, 7) is 5.85. The van der Waals surface area contributed by atoms with Gasteiger partial charge in [-0.1, -0.05) is 32.0 Å². The maximum absolute atomic E-state index is 12.8. The Morgan fingerprint density at radius 2 is 1.89 bits per heavy atom. The van der Waals surface area contributed by atoms with Crippen LogP contribution < -0.4 is 10.2 Å². The van der Waals surface area contributed by atoms with Crippen LogP contribution in [0.4, 0.5) is 17.1 Å². The third kappa shape index (κ3) is 4.32. The summed E-state index contributed by atoms with van der Waals surface area (Å²) in [6.07, 6.45) is 4.18. The molecule has 1 aliphatic heterocycles. The zero-order valence-corrected chi connectivity index (χ0v) is 16.5. The highest BCUT2D eigenvalue weighted by Crippen LogP contribution is 2.32. The average molecular weight is 381 g/mol. The van der Waals surface area contributed by atoms with Crippen molar-refractivity contribution in [2.75, 3.05) is 23.3 Å². The Hall–Kier alpha value is -2.89. The zero-order valence-electron chi connectivity index (χ0n) is 16.5. The molecule has 1 atom stereocenters. The van der Waals surface area contributed by atoms with Crippen LogP contribution in [0.5, 0.6) is 0 Å². The number of rotatable bonds is 6. The number of piperidine rings is 1. The van der Waals surface area contributed by atoms with E-state index in [2.05, 4.69) is 19.2 Å². The van der Waals surface area contributed by atoms with Crippen LogP contribution in [0.1, 0.15) is 61.4 Å². The normalized spacial score (nSPS) is 15.1. The van der Waals surface area contributed by atoms with E-state index in [1.54, 1.807) is 12.1 Å². The smallest absolute Gasteiger partial charge is 0.293 e. The molecule has 1 N–H and O–H groups in total. The number of nitro groups is 1. The quantitative estimate of drug-likeness (QED) is 0.540. The molecule has 1 heterocycles. The van der Waals surface area contributed by atoms with Crippen molar-refractivity contribution in [3.63, 3.8) is 0 Å². The first-order valence-electron chi connectivity index (χ1n) is 9.95. The van der Waals surface area contributed by atoms with E-state index >= 15 is 0 Å². The van der Waals surface area contributed by atoms with Crippen LogP contribution in [0.3, 0.4) is 0 Å². The minimum Gasteiger partial charge on any atom is -0.366 e. The molecule has 0 unspecified atom stereocenters. The largest absolute Gasteiger partial charge is 0.366 e. The maximum Gasteiger partial charge on any atom is 0.293 e. The Kier molecular flexibility index (Phi) is 6.29. The molecule has 2 aromatic carbocycles. The third-order valence-corrected chi connectivity index (χ3v) is 5.48. The van der Waals surface area contributed by atoms with Crippen LogP contribution in [0.2, 0.25) is 0 Å². The third-order valence-electron chi connectivity index (χ3n) is 5.48. The van der Waals surface area contributed by atoms with Crippen LogP contribution >= 0.6 is 0 Å². The molecule has 2 aromatic rings. The lowest BCUT2D eigenvalue weighted by molar-refractivity contribution is -0.384. The van der Waals surface area contributed by atoms with Crippen molar-refractivity contribution in [1.29, 1.82) is 0 Å². The van der Waals surface area contributed by atoms with Crippen LogP contribution in [0, 0.1) is 10.1 Å². The molecule has 0 spiro atoms. The van der Waals surface area contributed by atoms with Crippen LogP contribution in [0.25, 0.3) is 0 Å². The Labute approximate surface area is 165 Å². The first-order valence-corrected chi connectivity index (χ1v) is 9.95. The molecule has 0 aromatic heterocycles. The van der Waals surface area contributed by atoms with Crippen molar-refractivity contribution in [2.45, 2.75) is 45.4 Å². The molecular weight excluding hydrogens is 354 g/mol. The number of hydrogen-bond acceptors (Lipinski definition) is 4. The minimum atomic E-state index is -0.395. The van der Waals surface area contributed by atoms with Gasteiger partial charge in [0.1, 0.15) is 5.69 Å². The van der Waals surface area contributed by atoms with Gasteiger partial charge in [-0.3, -0.25) is 14.9 Å². The number of nitrogens with zero attached hydrogens (tertiary/aromatic N) is 2. The topological polar surface area (TPSA) is 75.5 Å². The summed E-state index contributed by atoms with van der Waals surface area (Å²) in [5.74, 6) is -0.0173. The second kappa shape index (κ2) is 8.87. The first-order chi connectivity index (χ1) is 13.5. The molecule has 148 valence electrons. The van der Waals surface area contributed by atoms with Gasteiger partial charge in [0.25, 0.3) is 11.6 Å². The SMILES string of the molecule is CC[C@H](C)c1ccccc1NC(=O)c1ccc(N2CCCCC2)c([N+](=O)[O-])c1. The molecule has 0 bridgehead atoms. The summed E-state index contributed by atoms with van der Waals surface area (Å²) in [5, 5.41) is 14.6. The Bertz CT molecular complexity index is 860. The van der Waals surface area contributed by atoms with E-state index in [-0.39, 0.29) is 11.6 Å². The van der Waals surface area contributed by atoms with Crippen molar-refractivity contribution in [2.24, 2.45) is 0 Å². The van der Waals surface area contributed by atoms with Crippen molar-refractivity contribution >= 4 is 23.0 Å². The Morgan fingerprint density at radius 1 is 1.18 bits per heavy atom. The van der Waals surface area contributed by atoms with Crippen LogP contribution in [-0.2, 0) is 0 Å². The standard InChI is InChI=1S/C22H27N3O3/c1-3-16(2)18-9-5-6-10-19(18)23-22(26)17-11-12-20(21(15-17)25(27)28)24-13-7-4-8-14-24/h5-6,9-12,15-16H,3-4,7-8,13-14H2,1-2H3,(H,23,26)/t16-/m0/s1. The second-order valence-corrected chi connectivity index (χ2v) is 7.36. The summed E-state index contributed by atoms with van der Waals surface area (Å²) >= 11 is 0. The van der Waals surface area contributed by atoms with Gasteiger partial charge in [0.05, 0.1) is 4.92 Å². The molecule has 1 aliphatic rings. The molecule has 6 nitrogen and oxygen atoms in total. The highest BCUT2D eigenvalue weighted by atomic mass is 16.6. The Morgan fingerprint density at radius 3 is 2.57 bits per heavy atom. The van der Waals surface area contributed by atoms with Crippen LogP contribution in [0.15, 0.2) is 42.5 Å². The summed E-state index contributed by atoms with van der Waals surface area (Å²) in [6, 6.07) is 12.5. The number of nitrogens with one attached hydrogen (secondary N) is 1. The minimum absolute atomic E-state index is 0.00948. The number of anilines is 2. The van der Waals surface area contributed by atoms with Crippen molar-refractivity contribution < 1.29 is 9.72 Å². The monoisotopic (exact) mass is 381 g/mol. The van der Waals surface area contributed by atoms with Crippen LogP contribution in [-0.4, -0.2) is 23.9 Å². The van der Waals surface area contributed by atoms with Gasteiger partial charge in [0.15, 0.2) is 0 Å². The van der Waals surface area contributed by atoms with Gasteiger partial charge in [-0.05, 0) is 55.4 Å². The van der Waals surface area contributed by atoms with E-state index in [0.29, 0.717) is 17.2 Å². The molecular formula is C22H27N3O3. The van der Waals surface area contributed by atoms with Crippen molar-refractivity contribution in [1.82, 2.24) is 0 Å². The summed E-state index contributed by atoms with van der Waals surface area (Å²) in [7, 11) is 0. The molecule has 0 aliphatic carbocycles. The zero-order chi connectivity index (χ0) is 20.1. The molecule has 3 rings (SSSR count). The lowest BCUT2D eigenvalue weighted by atomic mass is 9.96. The second-order valence-electron chi connectivity index (χ2n) is 7.36. The van der Waals surface area contributed by atoms with E-state index in [0.717, 1.165) is 50.0 Å². The summed E-state index contributed by atoms with van der Waals surface area (Å²) < 4.78 is 0. The Balaban J connectivity index is 1.87. The van der Waals surface area contributed by atoms with E-state index in [1.165, 1.54) is 6.07 Å². The van der Waals surface area contributed by atoms with E-state index < -0.39 is 4.92 Å². The van der Waals surface area contributed by atoms with E-state index in [1.807, 2.05) is 29.2 Å². The number of benzene rings is 2. The number of nitro benzene ring substituents is 1. The summed E-state index contributed by atoms with van der Waals surface area (Å²) in [4.78, 5) is 26.1. The number of carbonyl (C=O) groups excluding carboxylic acids is 1. The highest BCUT2D eigenvalue weighted by Gasteiger charge is 2.23. The first kappa shape index (κ1) is 19.9. The molecule has 0 radical (unpaired) electrons. The highest BCUT2D eigenvalue weighted by molar-refractivity contribution is 6.05. The number of amides is 1. The average Bonchev–Trinajstić information content (AvgIpc) is 2.73. The van der Waals surface area contributed by atoms with E-state index in [4.69, 9.17) is 0 Å². The molecule has 0 saturated carbocycles. The van der Waals surface area contributed by atoms with Gasteiger partial charge in [0.2, 0.25) is 0 Å². The lowest BCUT2D eigenvalue weighted by Gasteiger charge is -2.28. The predicted molar refractivity (Wildman–Crippen MR) is 112 cm³/mol. The molecule has 1 saturated heterocycles. The molecule has 6 heteroatoms. The molecule has 1 amide bonds. The number of hydrogen-bond donors (Lipinski definition) is 1. The number of para-hydroxylation sites is 1. The van der Waals surface area contributed by atoms with Gasteiger partial charge in [-0.25, -0.2) is 0 Å². The lowest BCUT2D eigenvalue weighted by Crippen LogP contribution is -2.30. The van der Waals surface area contributed by atoms with Gasteiger partial charge in [-0.2, -0.15) is 0 Å². The molecule has 1 fully saturated rings. The maximum atomic E-state index is 12.8. The van der Waals surface area contributed by atoms with Gasteiger partial charge >= 0.3 is 0 Å². The fourth-order valence-corrected chi connectivity index (χ4v) is 3.67.